The van der Waals surface area contributed by atoms with E-state index in [9.17, 15) is 9.18 Å². The van der Waals surface area contributed by atoms with Crippen molar-refractivity contribution < 1.29 is 9.18 Å². The van der Waals surface area contributed by atoms with E-state index >= 15 is 0 Å². The number of halogens is 1. The number of para-hydroxylation sites is 1. The topological polar surface area (TPSA) is 59.8 Å². The number of nitrogens with one attached hydrogen (secondary N) is 1. The van der Waals surface area contributed by atoms with Crippen LogP contribution in [0.4, 0.5) is 10.1 Å². The number of amides is 1. The van der Waals surface area contributed by atoms with E-state index in [-0.39, 0.29) is 11.7 Å². The first-order valence-electron chi connectivity index (χ1n) is 8.89. The van der Waals surface area contributed by atoms with Gasteiger partial charge in [-0.3, -0.25) is 9.36 Å². The normalized spacial score (nSPS) is 13.5. The Bertz CT molecular complexity index is 923. The van der Waals surface area contributed by atoms with Crippen molar-refractivity contribution >= 4 is 23.4 Å². The van der Waals surface area contributed by atoms with Gasteiger partial charge in [-0.25, -0.2) is 4.39 Å². The molecule has 2 aromatic carbocycles. The maximum Gasteiger partial charge on any atom is 0.225 e. The molecule has 27 heavy (non-hydrogen) atoms. The molecule has 0 radical (unpaired) electrons. The van der Waals surface area contributed by atoms with Crippen LogP contribution < -0.4 is 5.32 Å². The Morgan fingerprint density at radius 3 is 2.56 bits per heavy atom. The first-order chi connectivity index (χ1) is 13.2. The summed E-state index contributed by atoms with van der Waals surface area (Å²) in [4.78, 5) is 12.1. The van der Waals surface area contributed by atoms with Crippen molar-refractivity contribution in [2.75, 3.05) is 11.1 Å². The number of hydrogen-bond donors (Lipinski definition) is 1. The molecule has 3 aromatic rings. The van der Waals surface area contributed by atoms with E-state index in [0.717, 1.165) is 29.5 Å². The average Bonchev–Trinajstić information content (AvgIpc) is 3.44. The van der Waals surface area contributed by atoms with Gasteiger partial charge in [-0.05, 0) is 49.2 Å². The Balaban J connectivity index is 1.40. The van der Waals surface area contributed by atoms with Gasteiger partial charge in [0.05, 0.1) is 0 Å². The Morgan fingerprint density at radius 2 is 1.85 bits per heavy atom. The first kappa shape index (κ1) is 17.7. The third kappa shape index (κ3) is 4.36. The molecule has 1 aliphatic carbocycles. The van der Waals surface area contributed by atoms with Crippen molar-refractivity contribution in [2.45, 2.75) is 30.3 Å². The lowest BCUT2D eigenvalue weighted by Crippen LogP contribution is -2.12. The van der Waals surface area contributed by atoms with Crippen LogP contribution >= 0.6 is 11.8 Å². The zero-order valence-electron chi connectivity index (χ0n) is 14.6. The smallest absolute Gasteiger partial charge is 0.225 e. The second-order valence-corrected chi connectivity index (χ2v) is 7.50. The summed E-state index contributed by atoms with van der Waals surface area (Å²) in [7, 11) is 0. The molecule has 138 valence electrons. The summed E-state index contributed by atoms with van der Waals surface area (Å²) >= 11 is 1.52. The molecule has 0 bridgehead atoms. The number of anilines is 1. The van der Waals surface area contributed by atoms with Crippen LogP contribution in [0, 0.1) is 5.82 Å². The highest BCUT2D eigenvalue weighted by molar-refractivity contribution is 7.99. The van der Waals surface area contributed by atoms with E-state index in [2.05, 4.69) is 20.1 Å². The summed E-state index contributed by atoms with van der Waals surface area (Å²) < 4.78 is 15.0. The quantitative estimate of drug-likeness (QED) is 0.615. The fourth-order valence-electron chi connectivity index (χ4n) is 2.79. The third-order valence-electron chi connectivity index (χ3n) is 4.30. The predicted octanol–water partition coefficient (Wildman–Crippen LogP) is 4.40. The molecule has 1 heterocycles. The standard InChI is InChI=1S/C20H19FN4OS/c21-15-8-10-16(11-9-15)22-18(26)12-13-27-20-24-23-19(14-6-7-14)25(20)17-4-2-1-3-5-17/h1-5,8-11,14H,6-7,12-13H2,(H,22,26). The van der Waals surface area contributed by atoms with Gasteiger partial charge < -0.3 is 5.32 Å². The largest absolute Gasteiger partial charge is 0.326 e. The molecule has 1 saturated carbocycles. The van der Waals surface area contributed by atoms with Crippen LogP contribution in [0.1, 0.15) is 31.0 Å². The van der Waals surface area contributed by atoms with Crippen LogP contribution in [0.15, 0.2) is 59.8 Å². The number of rotatable bonds is 7. The number of hydrogen-bond acceptors (Lipinski definition) is 4. The fraction of sp³-hybridized carbons (Fsp3) is 0.250. The maximum absolute atomic E-state index is 12.9. The van der Waals surface area contributed by atoms with E-state index in [1.165, 1.54) is 23.9 Å². The highest BCUT2D eigenvalue weighted by Crippen LogP contribution is 2.41. The van der Waals surface area contributed by atoms with E-state index in [1.807, 2.05) is 30.3 Å². The molecule has 1 amide bonds. The van der Waals surface area contributed by atoms with E-state index in [4.69, 9.17) is 0 Å². The Kier molecular flexibility index (Phi) is 5.20. The monoisotopic (exact) mass is 382 g/mol. The molecule has 1 N–H and O–H groups in total. The minimum absolute atomic E-state index is 0.109. The van der Waals surface area contributed by atoms with Gasteiger partial charge in [0.2, 0.25) is 5.91 Å². The van der Waals surface area contributed by atoms with Crippen molar-refractivity contribution in [3.05, 3.63) is 66.2 Å². The zero-order chi connectivity index (χ0) is 18.6. The minimum Gasteiger partial charge on any atom is -0.326 e. The van der Waals surface area contributed by atoms with E-state index in [0.29, 0.717) is 23.8 Å². The summed E-state index contributed by atoms with van der Waals surface area (Å²) in [6.45, 7) is 0. The molecule has 1 fully saturated rings. The van der Waals surface area contributed by atoms with Crippen LogP contribution in [0.2, 0.25) is 0 Å². The number of nitrogens with zero attached hydrogens (tertiary/aromatic N) is 3. The lowest BCUT2D eigenvalue weighted by atomic mass is 10.3. The lowest BCUT2D eigenvalue weighted by molar-refractivity contribution is -0.115. The lowest BCUT2D eigenvalue weighted by Gasteiger charge is -2.09. The zero-order valence-corrected chi connectivity index (χ0v) is 15.5. The maximum atomic E-state index is 12.9. The molecule has 7 heteroatoms. The highest BCUT2D eigenvalue weighted by atomic mass is 32.2. The van der Waals surface area contributed by atoms with Crippen LogP contribution in [-0.4, -0.2) is 26.4 Å². The summed E-state index contributed by atoms with van der Waals surface area (Å²) in [5, 5.41) is 12.3. The van der Waals surface area contributed by atoms with Gasteiger partial charge in [-0.1, -0.05) is 30.0 Å². The van der Waals surface area contributed by atoms with Crippen molar-refractivity contribution in [1.82, 2.24) is 14.8 Å². The molecular weight excluding hydrogens is 363 g/mol. The van der Waals surface area contributed by atoms with Crippen LogP contribution in [0.3, 0.4) is 0 Å². The second kappa shape index (κ2) is 7.92. The molecule has 1 aromatic heterocycles. The summed E-state index contributed by atoms with van der Waals surface area (Å²) in [6, 6.07) is 15.8. The first-order valence-corrected chi connectivity index (χ1v) is 9.88. The van der Waals surface area contributed by atoms with Crippen LogP contribution in [0.25, 0.3) is 5.69 Å². The number of aromatic nitrogens is 3. The summed E-state index contributed by atoms with van der Waals surface area (Å²) in [5.74, 6) is 1.63. The third-order valence-corrected chi connectivity index (χ3v) is 5.23. The predicted molar refractivity (Wildman–Crippen MR) is 104 cm³/mol. The van der Waals surface area contributed by atoms with Gasteiger partial charge in [0.1, 0.15) is 11.6 Å². The van der Waals surface area contributed by atoms with E-state index < -0.39 is 0 Å². The Labute approximate surface area is 161 Å². The number of benzene rings is 2. The number of carbonyl (C=O) groups excluding carboxylic acids is 1. The molecule has 5 nitrogen and oxygen atoms in total. The average molecular weight is 382 g/mol. The highest BCUT2D eigenvalue weighted by Gasteiger charge is 2.31. The minimum atomic E-state index is -0.324. The van der Waals surface area contributed by atoms with Crippen LogP contribution in [0.5, 0.6) is 0 Å². The summed E-state index contributed by atoms with van der Waals surface area (Å²) in [5.41, 5.74) is 1.64. The van der Waals surface area contributed by atoms with E-state index in [1.54, 1.807) is 12.1 Å². The van der Waals surface area contributed by atoms with Crippen LogP contribution in [-0.2, 0) is 4.79 Å². The second-order valence-electron chi connectivity index (χ2n) is 6.44. The molecule has 0 atom stereocenters. The molecule has 0 saturated heterocycles. The Morgan fingerprint density at radius 1 is 1.11 bits per heavy atom. The molecule has 0 spiro atoms. The summed E-state index contributed by atoms with van der Waals surface area (Å²) in [6.07, 6.45) is 2.63. The van der Waals surface area contributed by atoms with Gasteiger partial charge in [-0.2, -0.15) is 0 Å². The molecule has 0 aliphatic heterocycles. The SMILES string of the molecule is O=C(CCSc1nnc(C2CC2)n1-c1ccccc1)Nc1ccc(F)cc1. The van der Waals surface area contributed by atoms with Crippen molar-refractivity contribution in [3.8, 4) is 5.69 Å². The van der Waals surface area contributed by atoms with Gasteiger partial charge in [-0.15, -0.1) is 10.2 Å². The molecule has 1 aliphatic rings. The number of carbonyl (C=O) groups is 1. The van der Waals surface area contributed by atoms with Gasteiger partial charge in [0.15, 0.2) is 5.16 Å². The molecule has 0 unspecified atom stereocenters. The van der Waals surface area contributed by atoms with Crippen molar-refractivity contribution in [2.24, 2.45) is 0 Å². The van der Waals surface area contributed by atoms with Gasteiger partial charge in [0, 0.05) is 29.5 Å². The van der Waals surface area contributed by atoms with Gasteiger partial charge in [0.25, 0.3) is 0 Å². The molecule has 4 rings (SSSR count). The van der Waals surface area contributed by atoms with Crippen molar-refractivity contribution in [1.29, 1.82) is 0 Å². The fourth-order valence-corrected chi connectivity index (χ4v) is 3.69. The Hall–Kier alpha value is -2.67. The molecular formula is C20H19FN4OS. The van der Waals surface area contributed by atoms with Crippen molar-refractivity contribution in [3.63, 3.8) is 0 Å². The number of thioether (sulfide) groups is 1. The van der Waals surface area contributed by atoms with Gasteiger partial charge >= 0.3 is 0 Å².